The van der Waals surface area contributed by atoms with Crippen LogP contribution < -0.4 is 4.74 Å². The summed E-state index contributed by atoms with van der Waals surface area (Å²) in [6, 6.07) is 8.53. The molecule has 0 bridgehead atoms. The van der Waals surface area contributed by atoms with Gasteiger partial charge in [-0.1, -0.05) is 31.4 Å². The first-order chi connectivity index (χ1) is 9.24. The van der Waals surface area contributed by atoms with Crippen LogP contribution in [0.4, 0.5) is 0 Å². The molecule has 0 N–H and O–H groups in total. The first-order valence-electron chi connectivity index (χ1n) is 7.04. The molecule has 0 aromatic heterocycles. The molecule has 1 unspecified atom stereocenters. The minimum absolute atomic E-state index is 0.250. The lowest BCUT2D eigenvalue weighted by Crippen LogP contribution is -2.31. The summed E-state index contributed by atoms with van der Waals surface area (Å²) in [5.41, 5.74) is 1.65. The van der Waals surface area contributed by atoms with E-state index in [1.807, 2.05) is 6.07 Å². The average molecular weight is 257 g/mol. The Bertz CT molecular complexity index is 463. The Kier molecular flexibility index (Phi) is 4.50. The fraction of sp³-hybridized carbons (Fsp3) is 0.529. The summed E-state index contributed by atoms with van der Waals surface area (Å²) < 4.78 is 5.37. The third-order valence-corrected chi connectivity index (χ3v) is 4.16. The van der Waals surface area contributed by atoms with Crippen molar-refractivity contribution in [1.82, 2.24) is 4.90 Å². The van der Waals surface area contributed by atoms with E-state index in [4.69, 9.17) is 11.2 Å². The zero-order valence-corrected chi connectivity index (χ0v) is 12.0. The molecular weight excluding hydrogens is 234 g/mol. The van der Waals surface area contributed by atoms with Crippen molar-refractivity contribution >= 4 is 0 Å². The topological polar surface area (TPSA) is 12.5 Å². The van der Waals surface area contributed by atoms with Gasteiger partial charge in [0, 0.05) is 18.5 Å². The highest BCUT2D eigenvalue weighted by atomic mass is 16.5. The van der Waals surface area contributed by atoms with Crippen LogP contribution in [0.2, 0.25) is 0 Å². The number of nitrogens with zero attached hydrogens (tertiary/aromatic N) is 1. The number of terminal acetylenes is 1. The molecule has 1 saturated heterocycles. The number of likely N-dealkylation sites (tertiary alicyclic amines) is 1. The van der Waals surface area contributed by atoms with Gasteiger partial charge in [0.1, 0.15) is 5.75 Å². The number of hydrogen-bond donors (Lipinski definition) is 0. The van der Waals surface area contributed by atoms with Crippen LogP contribution >= 0.6 is 0 Å². The smallest absolute Gasteiger partial charge is 0.119 e. The van der Waals surface area contributed by atoms with Crippen LogP contribution in [0.1, 0.15) is 31.7 Å². The fourth-order valence-corrected chi connectivity index (χ4v) is 3.24. The van der Waals surface area contributed by atoms with Crippen molar-refractivity contribution in [3.63, 3.8) is 0 Å². The second-order valence-corrected chi connectivity index (χ2v) is 5.43. The lowest BCUT2D eigenvalue weighted by Gasteiger charge is -2.30. The SMILES string of the molecule is C#CCN1CCC(CCC)(c2cccc(OC)c2)C1. The summed E-state index contributed by atoms with van der Waals surface area (Å²) in [7, 11) is 1.73. The molecular formula is C17H23NO. The molecule has 19 heavy (non-hydrogen) atoms. The summed E-state index contributed by atoms with van der Waals surface area (Å²) in [6.45, 7) is 5.18. The zero-order valence-electron chi connectivity index (χ0n) is 12.0. The van der Waals surface area contributed by atoms with Crippen LogP contribution in [-0.2, 0) is 5.41 Å². The van der Waals surface area contributed by atoms with Gasteiger partial charge in [-0.15, -0.1) is 6.42 Å². The maximum absolute atomic E-state index is 5.44. The van der Waals surface area contributed by atoms with Crippen LogP contribution in [0.5, 0.6) is 5.75 Å². The molecule has 0 aliphatic carbocycles. The van der Waals surface area contributed by atoms with Gasteiger partial charge in [0.15, 0.2) is 0 Å². The summed E-state index contributed by atoms with van der Waals surface area (Å²) in [5, 5.41) is 0. The predicted octanol–water partition coefficient (Wildman–Crippen LogP) is 3.07. The van der Waals surface area contributed by atoms with Gasteiger partial charge in [-0.3, -0.25) is 4.90 Å². The number of hydrogen-bond acceptors (Lipinski definition) is 2. The molecule has 0 radical (unpaired) electrons. The molecule has 102 valence electrons. The monoisotopic (exact) mass is 257 g/mol. The van der Waals surface area contributed by atoms with Crippen molar-refractivity contribution in [2.75, 3.05) is 26.7 Å². The van der Waals surface area contributed by atoms with E-state index in [-0.39, 0.29) is 5.41 Å². The minimum Gasteiger partial charge on any atom is -0.497 e. The standard InChI is InChI=1S/C17H23NO/c1-4-9-17(10-12-18(14-17)11-5-2)15-7-6-8-16(13-15)19-3/h2,6-8,13H,4,9-12,14H2,1,3H3. The Labute approximate surface area is 116 Å². The number of ether oxygens (including phenoxy) is 1. The lowest BCUT2D eigenvalue weighted by atomic mass is 9.76. The highest BCUT2D eigenvalue weighted by Gasteiger charge is 2.38. The highest BCUT2D eigenvalue weighted by molar-refractivity contribution is 5.35. The van der Waals surface area contributed by atoms with E-state index in [1.54, 1.807) is 7.11 Å². The van der Waals surface area contributed by atoms with Crippen molar-refractivity contribution in [2.24, 2.45) is 0 Å². The number of benzene rings is 1. The molecule has 1 heterocycles. The van der Waals surface area contributed by atoms with Crippen LogP contribution in [0, 0.1) is 12.3 Å². The summed E-state index contributed by atoms with van der Waals surface area (Å²) >= 11 is 0. The second kappa shape index (κ2) is 6.12. The largest absolute Gasteiger partial charge is 0.497 e. The zero-order chi connectivity index (χ0) is 13.7. The number of rotatable bonds is 5. The van der Waals surface area contributed by atoms with Crippen LogP contribution in [0.25, 0.3) is 0 Å². The van der Waals surface area contributed by atoms with E-state index in [2.05, 4.69) is 35.9 Å². The highest BCUT2D eigenvalue weighted by Crippen LogP contribution is 2.39. The lowest BCUT2D eigenvalue weighted by molar-refractivity contribution is 0.329. The van der Waals surface area contributed by atoms with Gasteiger partial charge in [-0.25, -0.2) is 0 Å². The van der Waals surface area contributed by atoms with Gasteiger partial charge < -0.3 is 4.74 Å². The normalized spacial score (nSPS) is 23.2. The molecule has 2 nitrogen and oxygen atoms in total. The van der Waals surface area contributed by atoms with E-state index in [0.717, 1.165) is 25.4 Å². The summed E-state index contributed by atoms with van der Waals surface area (Å²) in [4.78, 5) is 2.38. The molecule has 1 fully saturated rings. The fourth-order valence-electron chi connectivity index (χ4n) is 3.24. The maximum Gasteiger partial charge on any atom is 0.119 e. The molecule has 1 aliphatic rings. The van der Waals surface area contributed by atoms with Gasteiger partial charge in [0.05, 0.1) is 13.7 Å². The molecule has 1 aromatic rings. The van der Waals surface area contributed by atoms with E-state index in [0.29, 0.717) is 0 Å². The van der Waals surface area contributed by atoms with Crippen LogP contribution in [0.3, 0.4) is 0 Å². The molecule has 2 heteroatoms. The Morgan fingerprint density at radius 3 is 3.00 bits per heavy atom. The van der Waals surface area contributed by atoms with Crippen LogP contribution in [0.15, 0.2) is 24.3 Å². The third-order valence-electron chi connectivity index (χ3n) is 4.16. The van der Waals surface area contributed by atoms with Gasteiger partial charge in [-0.2, -0.15) is 0 Å². The Morgan fingerprint density at radius 1 is 1.47 bits per heavy atom. The molecule has 1 aromatic carbocycles. The maximum atomic E-state index is 5.44. The van der Waals surface area contributed by atoms with Crippen molar-refractivity contribution < 1.29 is 4.74 Å². The Balaban J connectivity index is 2.27. The van der Waals surface area contributed by atoms with Crippen molar-refractivity contribution in [3.8, 4) is 18.1 Å². The molecule has 1 aliphatic heterocycles. The Morgan fingerprint density at radius 2 is 2.32 bits per heavy atom. The van der Waals surface area contributed by atoms with E-state index >= 15 is 0 Å². The second-order valence-electron chi connectivity index (χ2n) is 5.43. The minimum atomic E-state index is 0.250. The van der Waals surface area contributed by atoms with Gasteiger partial charge in [0.2, 0.25) is 0 Å². The van der Waals surface area contributed by atoms with Gasteiger partial charge in [-0.05, 0) is 30.5 Å². The molecule has 0 amide bonds. The van der Waals surface area contributed by atoms with E-state index in [9.17, 15) is 0 Å². The van der Waals surface area contributed by atoms with Crippen molar-refractivity contribution in [1.29, 1.82) is 0 Å². The third kappa shape index (κ3) is 2.93. The Hall–Kier alpha value is -1.46. The predicted molar refractivity (Wildman–Crippen MR) is 79.5 cm³/mol. The van der Waals surface area contributed by atoms with Gasteiger partial charge in [0.25, 0.3) is 0 Å². The van der Waals surface area contributed by atoms with Crippen molar-refractivity contribution in [2.45, 2.75) is 31.6 Å². The molecule has 0 spiro atoms. The molecule has 0 saturated carbocycles. The first-order valence-corrected chi connectivity index (χ1v) is 7.04. The van der Waals surface area contributed by atoms with Crippen LogP contribution in [-0.4, -0.2) is 31.6 Å². The van der Waals surface area contributed by atoms with Gasteiger partial charge >= 0.3 is 0 Å². The first kappa shape index (κ1) is 14.0. The quantitative estimate of drug-likeness (QED) is 0.752. The molecule has 1 atom stereocenters. The van der Waals surface area contributed by atoms with Crippen molar-refractivity contribution in [3.05, 3.63) is 29.8 Å². The van der Waals surface area contributed by atoms with E-state index < -0.39 is 0 Å². The number of methoxy groups -OCH3 is 1. The summed E-state index contributed by atoms with van der Waals surface area (Å²) in [6.07, 6.45) is 9.04. The summed E-state index contributed by atoms with van der Waals surface area (Å²) in [5.74, 6) is 3.71. The molecule has 2 rings (SSSR count). The average Bonchev–Trinajstić information content (AvgIpc) is 2.84. The van der Waals surface area contributed by atoms with E-state index in [1.165, 1.54) is 24.8 Å².